The van der Waals surface area contributed by atoms with E-state index in [9.17, 15) is 9.18 Å². The molecular formula is C23H29ClFNO2. The summed E-state index contributed by atoms with van der Waals surface area (Å²) in [4.78, 5) is 11.5. The number of benzene rings is 2. The van der Waals surface area contributed by atoms with Crippen molar-refractivity contribution in [2.24, 2.45) is 5.73 Å². The van der Waals surface area contributed by atoms with E-state index in [1.807, 2.05) is 37.3 Å². The average Bonchev–Trinajstić information content (AvgIpc) is 2.64. The lowest BCUT2D eigenvalue weighted by Crippen LogP contribution is -2.16. The highest BCUT2D eigenvalue weighted by molar-refractivity contribution is 5.85. The van der Waals surface area contributed by atoms with E-state index in [0.717, 1.165) is 53.5 Å². The quantitative estimate of drug-likeness (QED) is 0.331. The van der Waals surface area contributed by atoms with Gasteiger partial charge >= 0.3 is 5.97 Å². The fourth-order valence-electron chi connectivity index (χ4n) is 3.33. The molecule has 0 saturated heterocycles. The van der Waals surface area contributed by atoms with E-state index in [0.29, 0.717) is 0 Å². The summed E-state index contributed by atoms with van der Waals surface area (Å²) in [7, 11) is 1.35. The molecule has 5 heteroatoms. The number of rotatable bonds is 9. The molecule has 0 heterocycles. The molecule has 0 aromatic heterocycles. The number of hydrogen-bond donors (Lipinski definition) is 1. The second-order valence-corrected chi connectivity index (χ2v) is 6.80. The number of carbonyl (C=O) groups excluding carboxylic acids is 1. The summed E-state index contributed by atoms with van der Waals surface area (Å²) in [6.07, 6.45) is 5.80. The van der Waals surface area contributed by atoms with E-state index < -0.39 is 6.04 Å². The highest BCUT2D eigenvalue weighted by atomic mass is 35.5. The van der Waals surface area contributed by atoms with Gasteiger partial charge in [-0.15, -0.1) is 19.0 Å². The van der Waals surface area contributed by atoms with Crippen LogP contribution in [0.15, 0.2) is 49.1 Å². The van der Waals surface area contributed by atoms with Gasteiger partial charge in [-0.05, 0) is 78.6 Å². The minimum Gasteiger partial charge on any atom is -0.469 e. The minimum atomic E-state index is -0.436. The van der Waals surface area contributed by atoms with Gasteiger partial charge in [-0.3, -0.25) is 4.79 Å². The van der Waals surface area contributed by atoms with Crippen molar-refractivity contribution < 1.29 is 13.9 Å². The summed E-state index contributed by atoms with van der Waals surface area (Å²) < 4.78 is 18.7. The first-order chi connectivity index (χ1) is 13.0. The first-order valence-corrected chi connectivity index (χ1v) is 9.29. The maximum Gasteiger partial charge on any atom is 0.307 e. The Morgan fingerprint density at radius 2 is 2.04 bits per heavy atom. The molecule has 0 spiro atoms. The van der Waals surface area contributed by atoms with Crippen LogP contribution in [0.4, 0.5) is 4.39 Å². The van der Waals surface area contributed by atoms with Crippen molar-refractivity contribution >= 4 is 18.4 Å². The third-order valence-electron chi connectivity index (χ3n) is 4.70. The van der Waals surface area contributed by atoms with Gasteiger partial charge in [-0.25, -0.2) is 4.39 Å². The van der Waals surface area contributed by atoms with Crippen LogP contribution in [-0.4, -0.2) is 13.1 Å². The van der Waals surface area contributed by atoms with Crippen LogP contribution in [0.5, 0.6) is 0 Å². The van der Waals surface area contributed by atoms with Gasteiger partial charge < -0.3 is 10.5 Å². The van der Waals surface area contributed by atoms with Crippen molar-refractivity contribution in [2.45, 2.75) is 45.1 Å². The molecule has 0 radical (unpaired) electrons. The smallest absolute Gasteiger partial charge is 0.307 e. The molecule has 0 bridgehead atoms. The van der Waals surface area contributed by atoms with Crippen molar-refractivity contribution in [2.75, 3.05) is 7.11 Å². The van der Waals surface area contributed by atoms with Gasteiger partial charge in [0.15, 0.2) is 0 Å². The van der Waals surface area contributed by atoms with Crippen molar-refractivity contribution in [3.8, 4) is 11.1 Å². The molecule has 152 valence electrons. The summed E-state index contributed by atoms with van der Waals surface area (Å²) in [5.74, 6) is -0.553. The van der Waals surface area contributed by atoms with E-state index in [4.69, 9.17) is 10.5 Å². The first-order valence-electron chi connectivity index (χ1n) is 9.29. The number of unbranched alkanes of at least 4 members (excludes halogenated alkanes) is 2. The number of nitrogens with two attached hydrogens (primary N) is 1. The summed E-state index contributed by atoms with van der Waals surface area (Å²) in [6.45, 7) is 5.67. The monoisotopic (exact) mass is 405 g/mol. The third kappa shape index (κ3) is 6.47. The zero-order valence-corrected chi connectivity index (χ0v) is 17.4. The zero-order valence-electron chi connectivity index (χ0n) is 16.5. The van der Waals surface area contributed by atoms with Crippen LogP contribution in [0.3, 0.4) is 0 Å². The molecular weight excluding hydrogens is 377 g/mol. The molecule has 0 amide bonds. The second kappa shape index (κ2) is 11.6. The Kier molecular flexibility index (Phi) is 9.91. The molecule has 0 aliphatic carbocycles. The highest BCUT2D eigenvalue weighted by Gasteiger charge is 2.15. The van der Waals surface area contributed by atoms with Crippen LogP contribution in [0.25, 0.3) is 11.1 Å². The average molecular weight is 406 g/mol. The number of esters is 1. The van der Waals surface area contributed by atoms with Crippen LogP contribution >= 0.6 is 12.4 Å². The molecule has 0 aliphatic heterocycles. The van der Waals surface area contributed by atoms with Gasteiger partial charge in [0.1, 0.15) is 5.82 Å². The van der Waals surface area contributed by atoms with Crippen LogP contribution < -0.4 is 5.73 Å². The van der Waals surface area contributed by atoms with Crippen molar-refractivity contribution in [3.63, 3.8) is 0 Å². The minimum absolute atomic E-state index is 0. The summed E-state index contributed by atoms with van der Waals surface area (Å²) >= 11 is 0. The predicted molar refractivity (Wildman–Crippen MR) is 115 cm³/mol. The van der Waals surface area contributed by atoms with E-state index in [2.05, 4.69) is 6.58 Å². The number of hydrogen-bond acceptors (Lipinski definition) is 3. The molecule has 2 rings (SSSR count). The van der Waals surface area contributed by atoms with E-state index in [-0.39, 0.29) is 30.6 Å². The molecule has 2 aromatic rings. The van der Waals surface area contributed by atoms with Gasteiger partial charge in [-0.2, -0.15) is 0 Å². The zero-order chi connectivity index (χ0) is 19.8. The van der Waals surface area contributed by atoms with Crippen molar-refractivity contribution in [3.05, 3.63) is 71.6 Å². The Hall–Kier alpha value is -2.17. The Bertz CT molecular complexity index is 807. The van der Waals surface area contributed by atoms with Crippen LogP contribution in [-0.2, 0) is 16.0 Å². The molecule has 1 atom stereocenters. The first kappa shape index (κ1) is 23.9. The number of allylic oxidation sites excluding steroid dienone is 1. The Morgan fingerprint density at radius 3 is 2.71 bits per heavy atom. The summed E-state index contributed by atoms with van der Waals surface area (Å²) in [5, 5.41) is 0. The maximum atomic E-state index is 14.0. The number of methoxy groups -OCH3 is 1. The lowest BCUT2D eigenvalue weighted by atomic mass is 9.90. The number of carbonyl (C=O) groups is 1. The van der Waals surface area contributed by atoms with Crippen molar-refractivity contribution in [1.82, 2.24) is 0 Å². The second-order valence-electron chi connectivity index (χ2n) is 6.80. The molecule has 2 aromatic carbocycles. The normalized spacial score (nSPS) is 11.4. The summed E-state index contributed by atoms with van der Waals surface area (Å²) in [5.41, 5.74) is 10.9. The van der Waals surface area contributed by atoms with Gasteiger partial charge in [0.25, 0.3) is 0 Å². The molecule has 0 saturated carbocycles. The van der Waals surface area contributed by atoms with E-state index >= 15 is 0 Å². The molecule has 2 N–H and O–H groups in total. The largest absolute Gasteiger partial charge is 0.469 e. The Morgan fingerprint density at radius 1 is 1.29 bits per heavy atom. The van der Waals surface area contributed by atoms with Gasteiger partial charge in [-0.1, -0.05) is 24.3 Å². The van der Waals surface area contributed by atoms with Gasteiger partial charge in [0, 0.05) is 6.04 Å². The molecule has 28 heavy (non-hydrogen) atoms. The van der Waals surface area contributed by atoms with Crippen LogP contribution in [0.2, 0.25) is 0 Å². The molecule has 0 unspecified atom stereocenters. The number of aryl methyl sites for hydroxylation is 2. The van der Waals surface area contributed by atoms with Gasteiger partial charge in [0.2, 0.25) is 0 Å². The SMILES string of the molecule is C=CCCCCc1cc(F)cc(C)c1-c1cccc([C@@H](N)CC(=O)OC)c1.Cl. The maximum absolute atomic E-state index is 14.0. The fourth-order valence-corrected chi connectivity index (χ4v) is 3.33. The van der Waals surface area contributed by atoms with Crippen LogP contribution in [0, 0.1) is 12.7 Å². The van der Waals surface area contributed by atoms with E-state index in [1.54, 1.807) is 12.1 Å². The number of halogens is 2. The fraction of sp³-hybridized carbons (Fsp3) is 0.348. The Labute approximate surface area is 173 Å². The molecule has 0 fully saturated rings. The Balaban J connectivity index is 0.00000392. The number of ether oxygens (including phenoxy) is 1. The van der Waals surface area contributed by atoms with Crippen molar-refractivity contribution in [1.29, 1.82) is 0 Å². The molecule has 0 aliphatic rings. The standard InChI is InChI=1S/C23H28FNO2.ClH/c1-4-5-6-7-9-19-14-20(24)12-16(2)23(19)18-11-8-10-17(13-18)21(25)15-22(26)27-3;/h4,8,10-14,21H,1,5-7,9,15,25H2,2-3H3;1H/t21-;/m0./s1. The predicted octanol–water partition coefficient (Wildman–Crippen LogP) is 5.68. The van der Waals surface area contributed by atoms with E-state index in [1.165, 1.54) is 7.11 Å². The van der Waals surface area contributed by atoms with Crippen LogP contribution in [0.1, 0.15) is 48.4 Å². The lowest BCUT2D eigenvalue weighted by Gasteiger charge is -2.16. The third-order valence-corrected chi connectivity index (χ3v) is 4.70. The lowest BCUT2D eigenvalue weighted by molar-refractivity contribution is -0.141. The highest BCUT2D eigenvalue weighted by Crippen LogP contribution is 2.31. The molecule has 3 nitrogen and oxygen atoms in total. The summed E-state index contributed by atoms with van der Waals surface area (Å²) in [6, 6.07) is 10.6. The van der Waals surface area contributed by atoms with Gasteiger partial charge in [0.05, 0.1) is 13.5 Å². The topological polar surface area (TPSA) is 52.3 Å².